The molecule has 0 unspecified atom stereocenters. The number of carbonyl (C=O) groups is 3. The molecular weight excluding hydrogens is 554 g/mol. The van der Waals surface area contributed by atoms with Crippen molar-refractivity contribution in [1.82, 2.24) is 0 Å². The van der Waals surface area contributed by atoms with E-state index in [4.69, 9.17) is 46.4 Å². The molecule has 0 aliphatic carbocycles. The molecule has 1 aliphatic rings. The summed E-state index contributed by atoms with van der Waals surface area (Å²) in [5.41, 5.74) is 1.50. The van der Waals surface area contributed by atoms with Crippen LogP contribution in [-0.4, -0.2) is 35.2 Å². The summed E-state index contributed by atoms with van der Waals surface area (Å²) in [7, 11) is 0. The van der Waals surface area contributed by atoms with E-state index in [9.17, 15) is 19.5 Å². The molecule has 0 spiro atoms. The number of amides is 2. The summed E-state index contributed by atoms with van der Waals surface area (Å²) < 4.78 is 0. The van der Waals surface area contributed by atoms with Crippen molar-refractivity contribution in [1.29, 1.82) is 0 Å². The summed E-state index contributed by atoms with van der Waals surface area (Å²) in [6, 6.07) is 14.6. The summed E-state index contributed by atoms with van der Waals surface area (Å²) in [4.78, 5) is 40.0. The van der Waals surface area contributed by atoms with Crippen molar-refractivity contribution in [3.8, 4) is 0 Å². The molecule has 35 heavy (non-hydrogen) atoms. The number of rotatable bonds is 6. The Balaban J connectivity index is 1.49. The van der Waals surface area contributed by atoms with Crippen molar-refractivity contribution < 1.29 is 19.5 Å². The zero-order valence-corrected chi connectivity index (χ0v) is 21.6. The number of nitrogens with zero attached hydrogens (tertiary/aromatic N) is 1. The number of halogens is 4. The molecule has 4 rings (SSSR count). The van der Waals surface area contributed by atoms with Crippen LogP contribution in [0.2, 0.25) is 20.1 Å². The normalized spacial score (nSPS) is 12.4. The standard InChI is InChI=1S/C24H16Cl4N2O4S/c25-19-17(18(24(33)34)20(26)22(28)21(19)27)23(32)29-13-5-3-6-14(10-13)35-11-16(31)30-9-8-12-4-1-2-7-15(12)30/h1-7,10H,8-9,11H2,(H,29,32)(H,33,34). The molecule has 0 fully saturated rings. The Morgan fingerprint density at radius 1 is 0.914 bits per heavy atom. The lowest BCUT2D eigenvalue weighted by Crippen LogP contribution is -2.30. The first-order chi connectivity index (χ1) is 16.7. The number of fused-ring (bicyclic) bond motifs is 1. The molecule has 3 aromatic carbocycles. The minimum atomic E-state index is -1.48. The lowest BCUT2D eigenvalue weighted by molar-refractivity contribution is -0.116. The van der Waals surface area contributed by atoms with Gasteiger partial charge in [0.1, 0.15) is 0 Å². The Morgan fingerprint density at radius 3 is 2.31 bits per heavy atom. The van der Waals surface area contributed by atoms with E-state index in [1.54, 1.807) is 29.2 Å². The van der Waals surface area contributed by atoms with Crippen molar-refractivity contribution in [2.45, 2.75) is 11.3 Å². The van der Waals surface area contributed by atoms with Crippen LogP contribution in [-0.2, 0) is 11.2 Å². The van der Waals surface area contributed by atoms with Crippen LogP contribution in [0.3, 0.4) is 0 Å². The van der Waals surface area contributed by atoms with Gasteiger partial charge in [-0.1, -0.05) is 70.7 Å². The van der Waals surface area contributed by atoms with Crippen molar-refractivity contribution in [2.24, 2.45) is 0 Å². The second-order valence-corrected chi connectivity index (χ2v) is 10.1. The Morgan fingerprint density at radius 2 is 1.60 bits per heavy atom. The summed E-state index contributed by atoms with van der Waals surface area (Å²) >= 11 is 25.5. The molecule has 6 nitrogen and oxygen atoms in total. The van der Waals surface area contributed by atoms with E-state index < -0.39 is 23.0 Å². The molecule has 11 heteroatoms. The van der Waals surface area contributed by atoms with Crippen LogP contribution in [0.15, 0.2) is 53.4 Å². The van der Waals surface area contributed by atoms with E-state index in [-0.39, 0.29) is 31.8 Å². The maximum atomic E-state index is 13.0. The van der Waals surface area contributed by atoms with E-state index in [1.807, 2.05) is 24.3 Å². The molecule has 0 saturated heterocycles. The second-order valence-electron chi connectivity index (χ2n) is 7.51. The Labute approximate surface area is 225 Å². The smallest absolute Gasteiger partial charge is 0.338 e. The van der Waals surface area contributed by atoms with E-state index in [0.29, 0.717) is 12.2 Å². The number of carboxylic acids is 1. The molecule has 0 saturated carbocycles. The number of hydrogen-bond acceptors (Lipinski definition) is 4. The molecule has 2 amide bonds. The summed E-state index contributed by atoms with van der Waals surface area (Å²) in [6.07, 6.45) is 0.827. The third-order valence-corrected chi connectivity index (χ3v) is 8.13. The highest BCUT2D eigenvalue weighted by molar-refractivity contribution is 8.00. The van der Waals surface area contributed by atoms with E-state index in [1.165, 1.54) is 11.8 Å². The number of nitrogens with one attached hydrogen (secondary N) is 1. The van der Waals surface area contributed by atoms with E-state index in [2.05, 4.69) is 5.32 Å². The summed E-state index contributed by atoms with van der Waals surface area (Å²) in [5.74, 6) is -2.10. The number of benzene rings is 3. The Bertz CT molecular complexity index is 1370. The molecular formula is C24H16Cl4N2O4S. The van der Waals surface area contributed by atoms with Gasteiger partial charge in [-0.2, -0.15) is 0 Å². The van der Waals surface area contributed by atoms with Crippen LogP contribution in [0.1, 0.15) is 26.3 Å². The van der Waals surface area contributed by atoms with Gasteiger partial charge in [0.05, 0.1) is 37.0 Å². The maximum Gasteiger partial charge on any atom is 0.338 e. The van der Waals surface area contributed by atoms with Gasteiger partial charge in [0.25, 0.3) is 5.91 Å². The van der Waals surface area contributed by atoms with Crippen LogP contribution in [0.25, 0.3) is 0 Å². The number of carbonyl (C=O) groups excluding carboxylic acids is 2. The Hall–Kier alpha value is -2.42. The fraction of sp³-hybridized carbons (Fsp3) is 0.125. The van der Waals surface area contributed by atoms with Crippen LogP contribution in [0.4, 0.5) is 11.4 Å². The van der Waals surface area contributed by atoms with Gasteiger partial charge in [0.2, 0.25) is 5.91 Å². The lowest BCUT2D eigenvalue weighted by Gasteiger charge is -2.17. The zero-order valence-electron chi connectivity index (χ0n) is 17.8. The lowest BCUT2D eigenvalue weighted by atomic mass is 10.1. The zero-order chi connectivity index (χ0) is 25.3. The first kappa shape index (κ1) is 25.7. The predicted molar refractivity (Wildman–Crippen MR) is 141 cm³/mol. The number of carboxylic acid groups (broad SMARTS) is 1. The topological polar surface area (TPSA) is 86.7 Å². The molecule has 0 atom stereocenters. The summed E-state index contributed by atoms with van der Waals surface area (Å²) in [5, 5.41) is 11.0. The van der Waals surface area contributed by atoms with Gasteiger partial charge in [-0.15, -0.1) is 11.8 Å². The Kier molecular flexibility index (Phi) is 7.83. The minimum Gasteiger partial charge on any atom is -0.478 e. The van der Waals surface area contributed by atoms with Crippen molar-refractivity contribution in [3.63, 3.8) is 0 Å². The minimum absolute atomic E-state index is 0.0160. The second kappa shape index (κ2) is 10.7. The van der Waals surface area contributed by atoms with Gasteiger partial charge >= 0.3 is 5.97 Å². The van der Waals surface area contributed by atoms with Crippen LogP contribution >= 0.6 is 58.2 Å². The third-order valence-electron chi connectivity index (χ3n) is 5.35. The van der Waals surface area contributed by atoms with Crippen LogP contribution in [0, 0.1) is 0 Å². The van der Waals surface area contributed by atoms with Gasteiger partial charge in [-0.3, -0.25) is 9.59 Å². The first-order valence-electron chi connectivity index (χ1n) is 10.2. The fourth-order valence-corrected chi connectivity index (χ4v) is 5.57. The molecule has 1 aliphatic heterocycles. The monoisotopic (exact) mass is 568 g/mol. The molecule has 180 valence electrons. The number of hydrogen-bond donors (Lipinski definition) is 2. The molecule has 3 aromatic rings. The van der Waals surface area contributed by atoms with Gasteiger partial charge in [-0.05, 0) is 36.2 Å². The van der Waals surface area contributed by atoms with Gasteiger partial charge in [-0.25, -0.2) is 4.79 Å². The van der Waals surface area contributed by atoms with Gasteiger partial charge in [0, 0.05) is 22.8 Å². The van der Waals surface area contributed by atoms with Crippen LogP contribution < -0.4 is 10.2 Å². The third kappa shape index (κ3) is 5.25. The van der Waals surface area contributed by atoms with Gasteiger partial charge < -0.3 is 15.3 Å². The molecule has 1 heterocycles. The average Bonchev–Trinajstić information content (AvgIpc) is 3.27. The number of aromatic carboxylic acids is 1. The van der Waals surface area contributed by atoms with Crippen molar-refractivity contribution >= 4 is 87.3 Å². The number of para-hydroxylation sites is 1. The summed E-state index contributed by atoms with van der Waals surface area (Å²) in [6.45, 7) is 0.647. The number of anilines is 2. The van der Waals surface area contributed by atoms with Crippen molar-refractivity contribution in [2.75, 3.05) is 22.5 Å². The molecule has 0 aromatic heterocycles. The highest BCUT2D eigenvalue weighted by atomic mass is 35.5. The number of thioether (sulfide) groups is 1. The predicted octanol–water partition coefficient (Wildman–Crippen LogP) is 6.93. The highest BCUT2D eigenvalue weighted by Crippen LogP contribution is 2.42. The molecule has 2 N–H and O–H groups in total. The highest BCUT2D eigenvalue weighted by Gasteiger charge is 2.29. The quantitative estimate of drug-likeness (QED) is 0.191. The van der Waals surface area contributed by atoms with Gasteiger partial charge in [0.15, 0.2) is 0 Å². The SMILES string of the molecule is O=C(O)c1c(Cl)c(Cl)c(Cl)c(Cl)c1C(=O)Nc1cccc(SCC(=O)N2CCc3ccccc32)c1. The molecule has 0 radical (unpaired) electrons. The average molecular weight is 570 g/mol. The fourth-order valence-electron chi connectivity index (χ4n) is 3.72. The van der Waals surface area contributed by atoms with E-state index in [0.717, 1.165) is 22.6 Å². The molecule has 0 bridgehead atoms. The maximum absolute atomic E-state index is 13.0. The van der Waals surface area contributed by atoms with E-state index >= 15 is 0 Å². The van der Waals surface area contributed by atoms with Crippen molar-refractivity contribution in [3.05, 3.63) is 85.3 Å². The van der Waals surface area contributed by atoms with Crippen LogP contribution in [0.5, 0.6) is 0 Å². The largest absolute Gasteiger partial charge is 0.478 e. The first-order valence-corrected chi connectivity index (χ1v) is 12.7.